The minimum Gasteiger partial charge on any atom is -0.494 e. The molecule has 3 aliphatic heterocycles. The molecular formula is C106H169NO27Si9. The number of unbranched alkanes of at least 4 members (excludes halogenated alkanes) is 21. The second-order valence-corrected chi connectivity index (χ2v) is 68.3. The van der Waals surface area contributed by atoms with Crippen LogP contribution in [0.4, 0.5) is 4.79 Å². The lowest BCUT2D eigenvalue weighted by Crippen LogP contribution is -2.78. The van der Waals surface area contributed by atoms with Crippen LogP contribution in [-0.2, 0) is 80.9 Å². The summed E-state index contributed by atoms with van der Waals surface area (Å²) < 4.78 is 168. The minimum absolute atomic E-state index is 0.109. The highest BCUT2D eigenvalue weighted by Gasteiger charge is 2.70. The molecule has 28 nitrogen and oxygen atoms in total. The summed E-state index contributed by atoms with van der Waals surface area (Å²) in [5.74, 6) is 5.85. The van der Waals surface area contributed by atoms with Crippen LogP contribution in [0.5, 0.6) is 51.7 Å². The normalized spacial score (nSPS) is 19.0. The number of carbonyl (C=O) groups is 1. The van der Waals surface area contributed by atoms with E-state index in [1.807, 2.05) is 145 Å². The first-order valence-corrected chi connectivity index (χ1v) is 74.6. The molecule has 0 aliphatic carbocycles. The molecule has 0 aromatic heterocycles. The molecule has 7 aromatic rings. The molecule has 4 unspecified atom stereocenters. The van der Waals surface area contributed by atoms with Gasteiger partial charge in [-0.15, -0.1) is 0 Å². The predicted molar refractivity (Wildman–Crippen MR) is 582 cm³/mol. The third-order valence-corrected chi connectivity index (χ3v) is 61.8. The predicted octanol–water partition coefficient (Wildman–Crippen LogP) is 24.1. The molecule has 3 aliphatic rings. The first-order chi connectivity index (χ1) is 69.1. The van der Waals surface area contributed by atoms with Crippen molar-refractivity contribution < 1.29 is 122 Å². The Balaban J connectivity index is 0.728. The third kappa shape index (κ3) is 46.5. The fraction of sp³-hybridized carbons (Fsp3) is 0.594. The molecule has 0 spiro atoms. The van der Waals surface area contributed by atoms with Gasteiger partial charge in [0, 0.05) is 18.8 Å². The molecular weight excluding hydrogens is 1970 g/mol. The van der Waals surface area contributed by atoms with Crippen LogP contribution in [0.3, 0.4) is 0 Å². The lowest BCUT2D eigenvalue weighted by molar-refractivity contribution is 0.0230. The fourth-order valence-electron chi connectivity index (χ4n) is 17.6. The van der Waals surface area contributed by atoms with Crippen molar-refractivity contribution in [1.29, 1.82) is 0 Å². The van der Waals surface area contributed by atoms with Crippen LogP contribution in [0.15, 0.2) is 158 Å². The Hall–Kier alpha value is -6.68. The van der Waals surface area contributed by atoms with Crippen molar-refractivity contribution in [2.75, 3.05) is 145 Å². The molecule has 796 valence electrons. The van der Waals surface area contributed by atoms with Gasteiger partial charge in [0.1, 0.15) is 80.7 Å². The standard InChI is InChI=1S/C106H169NO27Si9/c1-15-18-21-24-27-30-33-36-64-115-97-51-39-91(40-52-97)94-45-57-100(58-46-94)118-79-73-109-67-70-112-76-82-121-103-86-90(88-124-106(108)107-63-85-135-125-143-131-139(10,11)127-137(6,7)129-141(13,133-143)89-140(12)128-136(4,5)126-138(8,9)130-142(14,132-140)134-143)87-104(122-83-77-113-71-68-110-74-80-119-101-59-47-95(48-60-101)92-41-53-98(54-42-92)116-65-37-34-31-28-25-22-19-16-2)105(103)123-84-78-114-72-69-111-75-81-120-102-61-49-96(50-62-102)93-43-55-99(56-44-93)117-66-38-35-32-29-26-23-20-17-3/h39-62,86-87H,15-38,63-85,88-89,135H2,1-14H3,(H,107,108). The summed E-state index contributed by atoms with van der Waals surface area (Å²) in [7, 11) is -27.7. The van der Waals surface area contributed by atoms with E-state index in [4.69, 9.17) is 117 Å². The monoisotopic (exact) mass is 2140 g/mol. The highest BCUT2D eigenvalue weighted by atomic mass is 28.6. The Morgan fingerprint density at radius 1 is 0.287 bits per heavy atom. The Morgan fingerprint density at radius 2 is 0.559 bits per heavy atom. The van der Waals surface area contributed by atoms with Crippen molar-refractivity contribution in [3.05, 3.63) is 163 Å². The lowest BCUT2D eigenvalue weighted by Gasteiger charge is -2.55. The van der Waals surface area contributed by atoms with E-state index in [0.29, 0.717) is 114 Å². The molecule has 3 saturated heterocycles. The van der Waals surface area contributed by atoms with Crippen molar-refractivity contribution in [3.8, 4) is 85.1 Å². The fourth-order valence-corrected chi connectivity index (χ4v) is 67.6. The van der Waals surface area contributed by atoms with E-state index >= 15 is 0 Å². The number of benzene rings is 7. The molecule has 143 heavy (non-hydrogen) atoms. The van der Waals surface area contributed by atoms with Crippen LogP contribution >= 0.6 is 0 Å². The van der Waals surface area contributed by atoms with Gasteiger partial charge in [0.15, 0.2) is 21.3 Å². The molecule has 4 atom stereocenters. The van der Waals surface area contributed by atoms with E-state index in [-0.39, 0.29) is 52.8 Å². The molecule has 37 heteroatoms. The highest BCUT2D eigenvalue weighted by molar-refractivity contribution is 7.02. The summed E-state index contributed by atoms with van der Waals surface area (Å²) in [6.45, 7) is 35.7. The molecule has 1 N–H and O–H groups in total. The molecule has 0 saturated carbocycles. The van der Waals surface area contributed by atoms with Crippen molar-refractivity contribution in [1.82, 2.24) is 5.32 Å². The second kappa shape index (κ2) is 64.0. The van der Waals surface area contributed by atoms with Crippen molar-refractivity contribution in [2.24, 2.45) is 0 Å². The summed E-state index contributed by atoms with van der Waals surface area (Å²) >= 11 is 0. The van der Waals surface area contributed by atoms with Gasteiger partial charge in [-0.3, -0.25) is 0 Å². The van der Waals surface area contributed by atoms with Crippen LogP contribution in [0.2, 0.25) is 83.7 Å². The molecule has 3 fully saturated rings. The highest BCUT2D eigenvalue weighted by Crippen LogP contribution is 2.45. The third-order valence-electron chi connectivity index (χ3n) is 23.7. The quantitative estimate of drug-likeness (QED) is 0.0274. The summed E-state index contributed by atoms with van der Waals surface area (Å²) in [5, 5.41) is 2.93. The summed E-state index contributed by atoms with van der Waals surface area (Å²) in [4.78, 5) is 13.9. The number of alkyl carbamates (subject to hydrolysis) is 1. The first kappa shape index (κ1) is 118. The zero-order chi connectivity index (χ0) is 102. The number of amides is 1. The van der Waals surface area contributed by atoms with E-state index in [2.05, 4.69) is 98.9 Å². The summed E-state index contributed by atoms with van der Waals surface area (Å²) in [6.07, 6.45) is 29.8. The zero-order valence-corrected chi connectivity index (χ0v) is 97.8. The molecule has 4 bridgehead atoms. The van der Waals surface area contributed by atoms with Crippen LogP contribution in [0, 0.1) is 0 Å². The average Bonchev–Trinajstić information content (AvgIpc) is 0.726. The number of ether oxygens (including phenoxy) is 16. The lowest BCUT2D eigenvalue weighted by atomic mass is 10.1. The molecule has 0 radical (unpaired) electrons. The van der Waals surface area contributed by atoms with Gasteiger partial charge >= 0.3 is 75.3 Å². The zero-order valence-electron chi connectivity index (χ0n) is 88.4. The number of nitrogens with one attached hydrogen (secondary N) is 1. The average molecular weight is 2140 g/mol. The SMILES string of the molecule is CCCCCCCCCCOc1ccc(-c2ccc(OCCOCCOCCOc3cc(COC(=O)NCC[SiH2]O[Si]45O[Si](C)(C)O[Si](C)(C)O[Si](C)(C[Si]6(C)O[Si](C)(C)O[Si](C)(C)O[Si](C)(O6)O4)O5)cc(OCCOCCOCCOc4ccc(-c5ccc(OCCCCCCCCCC)cc5)cc4)c3OCCOCCOCCOc3ccc(-c4ccc(OCCCCCCCCCC)cc4)cc3)cc2)cc1. The number of rotatable bonds is 73. The summed E-state index contributed by atoms with van der Waals surface area (Å²) in [6, 6.07) is 53.0. The number of hydrogen-bond acceptors (Lipinski definition) is 27. The van der Waals surface area contributed by atoms with Crippen molar-refractivity contribution >= 4 is 85.1 Å². The Morgan fingerprint density at radius 3 is 0.888 bits per heavy atom. The first-order valence-electron chi connectivity index (χ1n) is 52.9. The van der Waals surface area contributed by atoms with E-state index < -0.39 is 85.1 Å². The maximum absolute atomic E-state index is 13.9. The molecule has 10 rings (SSSR count). The maximum Gasteiger partial charge on any atom is 0.642 e. The number of carbonyl (C=O) groups excluding carboxylic acids is 1. The smallest absolute Gasteiger partial charge is 0.494 e. The number of hydrogen-bond donors (Lipinski definition) is 1. The maximum atomic E-state index is 13.9. The van der Waals surface area contributed by atoms with E-state index in [0.717, 1.165) is 107 Å². The van der Waals surface area contributed by atoms with Crippen LogP contribution < -0.4 is 47.9 Å². The number of fused-ring (bicyclic) bond motifs is 4. The van der Waals surface area contributed by atoms with Gasteiger partial charge in [-0.2, -0.15) is 0 Å². The Bertz CT molecular complexity index is 4480. The molecule has 1 amide bonds. The largest absolute Gasteiger partial charge is 0.642 e. The van der Waals surface area contributed by atoms with E-state index in [1.165, 1.54) is 135 Å². The Labute approximate surface area is 865 Å². The van der Waals surface area contributed by atoms with Gasteiger partial charge in [-0.1, -0.05) is 228 Å². The van der Waals surface area contributed by atoms with Crippen LogP contribution in [0.25, 0.3) is 33.4 Å². The summed E-state index contributed by atoms with van der Waals surface area (Å²) in [5.41, 5.74) is 7.50. The van der Waals surface area contributed by atoms with Gasteiger partial charge in [0.25, 0.3) is 0 Å². The minimum atomic E-state index is -4.21. The van der Waals surface area contributed by atoms with E-state index in [1.54, 1.807) is 12.1 Å². The van der Waals surface area contributed by atoms with Crippen molar-refractivity contribution in [3.63, 3.8) is 0 Å². The van der Waals surface area contributed by atoms with Crippen LogP contribution in [-0.4, -0.2) is 230 Å². The topological polar surface area (TPSA) is 269 Å². The van der Waals surface area contributed by atoms with Crippen molar-refractivity contribution in [2.45, 2.75) is 265 Å². The van der Waals surface area contributed by atoms with Crippen LogP contribution in [0.1, 0.15) is 180 Å². The van der Waals surface area contributed by atoms with Gasteiger partial charge in [-0.25, -0.2) is 4.79 Å². The molecule has 7 aromatic carbocycles. The van der Waals surface area contributed by atoms with Gasteiger partial charge in [-0.05, 0) is 215 Å². The van der Waals surface area contributed by atoms with Gasteiger partial charge in [0.2, 0.25) is 5.75 Å². The second-order valence-electron chi connectivity index (χ2n) is 38.8. The van der Waals surface area contributed by atoms with E-state index in [9.17, 15) is 4.79 Å². The Kier molecular flexibility index (Phi) is 52.9. The molecule has 3 heterocycles. The van der Waals surface area contributed by atoms with Gasteiger partial charge in [0.05, 0.1) is 99.1 Å². The van der Waals surface area contributed by atoms with Gasteiger partial charge < -0.3 is 122 Å².